The van der Waals surface area contributed by atoms with Gasteiger partial charge in [0.2, 0.25) is 11.8 Å². The number of nitrogens with one attached hydrogen (secondary N) is 5. The van der Waals surface area contributed by atoms with Crippen LogP contribution >= 0.6 is 0 Å². The predicted octanol–water partition coefficient (Wildman–Crippen LogP) is 9.27. The Morgan fingerprint density at radius 1 is 0.781 bits per heavy atom. The molecule has 0 atom stereocenters. The van der Waals surface area contributed by atoms with Gasteiger partial charge in [0.1, 0.15) is 30.3 Å². The van der Waals surface area contributed by atoms with Crippen molar-refractivity contribution in [1.29, 1.82) is 0 Å². The van der Waals surface area contributed by atoms with Crippen LogP contribution in [0.4, 0.5) is 26.5 Å². The molecule has 0 bridgehead atoms. The van der Waals surface area contributed by atoms with Crippen LogP contribution in [-0.4, -0.2) is 88.9 Å². The average molecular weight is 878 g/mol. The van der Waals surface area contributed by atoms with Gasteiger partial charge in [-0.25, -0.2) is 19.2 Å². The van der Waals surface area contributed by atoms with Gasteiger partial charge in [-0.05, 0) is 88.2 Å². The molecule has 4 rings (SSSR count). The number of rotatable bonds is 30. The molecule has 0 radical (unpaired) electrons. The first-order valence-electron chi connectivity index (χ1n) is 22.2. The monoisotopic (exact) mass is 878 g/mol. The van der Waals surface area contributed by atoms with Crippen molar-refractivity contribution in [2.75, 3.05) is 56.6 Å². The van der Waals surface area contributed by atoms with E-state index in [2.05, 4.69) is 121 Å². The molecular weight excluding hydrogens is 814 g/mol. The molecule has 0 aliphatic heterocycles. The van der Waals surface area contributed by atoms with Crippen molar-refractivity contribution in [2.24, 2.45) is 0 Å². The summed E-state index contributed by atoms with van der Waals surface area (Å²) in [4.78, 5) is 47.7. The smallest absolute Gasteiger partial charge is 0.407 e. The number of carbonyl (C=O) groups excluding carboxylic acids is 3. The lowest BCUT2D eigenvalue weighted by molar-refractivity contribution is -0.121. The fourth-order valence-electron chi connectivity index (χ4n) is 6.24. The fourth-order valence-corrected chi connectivity index (χ4v) is 6.24. The molecule has 2 aromatic carbocycles. The van der Waals surface area contributed by atoms with Crippen LogP contribution in [0.25, 0.3) is 10.9 Å². The number of halogens is 1. The molecule has 14 nitrogen and oxygen atoms in total. The molecule has 2 heterocycles. The first-order chi connectivity index (χ1) is 31.3. The average Bonchev–Trinajstić information content (AvgIpc) is 3.72. The number of benzene rings is 2. The Balaban J connectivity index is 1.01. The van der Waals surface area contributed by atoms with Crippen LogP contribution < -0.4 is 26.0 Å². The minimum Gasteiger partial charge on any atom is -0.493 e. The van der Waals surface area contributed by atoms with Gasteiger partial charge in [0.15, 0.2) is 5.82 Å². The number of aromatic amines is 1. The first kappa shape index (κ1) is 50.0. The summed E-state index contributed by atoms with van der Waals surface area (Å²) in [7, 11) is 0. The molecule has 0 saturated carbocycles. The third-order valence-electron chi connectivity index (χ3n) is 9.57. The van der Waals surface area contributed by atoms with Gasteiger partial charge in [-0.15, -0.1) is 0 Å². The van der Waals surface area contributed by atoms with Crippen molar-refractivity contribution >= 4 is 46.1 Å². The number of alkyl carbamates (subject to hydrolysis) is 1. The predicted molar refractivity (Wildman–Crippen MR) is 253 cm³/mol. The molecule has 3 amide bonds. The largest absolute Gasteiger partial charge is 0.493 e. The van der Waals surface area contributed by atoms with E-state index in [1.54, 1.807) is 12.1 Å². The number of likely N-dealkylation sites (N-methyl/N-ethyl adjacent to an activating group) is 1. The Labute approximate surface area is 376 Å². The maximum absolute atomic E-state index is 13.5. The third kappa shape index (κ3) is 21.0. The zero-order valence-corrected chi connectivity index (χ0v) is 37.2. The van der Waals surface area contributed by atoms with Gasteiger partial charge in [-0.2, -0.15) is 5.10 Å². The summed E-state index contributed by atoms with van der Waals surface area (Å²) in [5.74, 6) is 0.909. The van der Waals surface area contributed by atoms with Gasteiger partial charge < -0.3 is 35.6 Å². The molecule has 2 aromatic heterocycles. The number of nitrogens with zero attached hydrogens (tertiary/aromatic N) is 4. The van der Waals surface area contributed by atoms with Crippen molar-refractivity contribution in [3.05, 3.63) is 127 Å². The summed E-state index contributed by atoms with van der Waals surface area (Å²) in [5.41, 5.74) is 1.63. The van der Waals surface area contributed by atoms with Crippen LogP contribution in [0.5, 0.6) is 5.75 Å². The number of H-pyrrole nitrogens is 1. The molecule has 4 aromatic rings. The minimum atomic E-state index is -0.511. The Morgan fingerprint density at radius 3 is 2.25 bits per heavy atom. The summed E-state index contributed by atoms with van der Waals surface area (Å²) in [6, 6.07) is 13.0. The highest BCUT2D eigenvalue weighted by Crippen LogP contribution is 2.26. The SMILES string of the molecule is CC/C=C\C/C=C\C/C=C\C/C=C\C/C=C\CCCC(=O)NCCNC(=O)OCCN(CC)CCCOc1ccc2c(Nc3cc(CC(=O)Nc4cccc(F)c4)[nH]n3)ncnc2c1. The minimum absolute atomic E-state index is 0.0234. The molecule has 0 saturated heterocycles. The number of allylic oxidation sites excluding steroid dienone is 10. The molecule has 15 heteroatoms. The summed E-state index contributed by atoms with van der Waals surface area (Å²) < 4.78 is 24.8. The number of aromatic nitrogens is 4. The molecule has 0 spiro atoms. The summed E-state index contributed by atoms with van der Waals surface area (Å²) in [5, 5.41) is 19.2. The van der Waals surface area contributed by atoms with Crippen LogP contribution in [0.1, 0.15) is 77.3 Å². The topological polar surface area (TPSA) is 175 Å². The Bertz CT molecular complexity index is 2170. The molecule has 5 N–H and O–H groups in total. The van der Waals surface area contributed by atoms with E-state index in [9.17, 15) is 18.8 Å². The van der Waals surface area contributed by atoms with Crippen molar-refractivity contribution in [3.63, 3.8) is 0 Å². The Hall–Kier alpha value is -6.61. The van der Waals surface area contributed by atoms with Crippen molar-refractivity contribution in [2.45, 2.75) is 78.1 Å². The number of amides is 3. The van der Waals surface area contributed by atoms with Gasteiger partial charge in [-0.3, -0.25) is 14.7 Å². The second-order valence-electron chi connectivity index (χ2n) is 14.7. The van der Waals surface area contributed by atoms with E-state index in [0.29, 0.717) is 66.9 Å². The quantitative estimate of drug-likeness (QED) is 0.0251. The molecule has 0 aliphatic carbocycles. The molecule has 0 aliphatic rings. The number of ether oxygens (including phenoxy) is 2. The zero-order chi connectivity index (χ0) is 45.5. The lowest BCUT2D eigenvalue weighted by Gasteiger charge is -2.20. The third-order valence-corrected chi connectivity index (χ3v) is 9.57. The van der Waals surface area contributed by atoms with E-state index >= 15 is 0 Å². The Morgan fingerprint density at radius 2 is 1.52 bits per heavy atom. The number of anilines is 3. The number of hydrogen-bond donors (Lipinski definition) is 5. The van der Waals surface area contributed by atoms with E-state index in [1.165, 1.54) is 24.5 Å². The van der Waals surface area contributed by atoms with E-state index in [1.807, 2.05) is 18.2 Å². The van der Waals surface area contributed by atoms with Crippen LogP contribution in [0.2, 0.25) is 0 Å². The first-order valence-corrected chi connectivity index (χ1v) is 22.2. The normalized spacial score (nSPS) is 11.8. The van der Waals surface area contributed by atoms with Crippen molar-refractivity contribution in [3.8, 4) is 5.75 Å². The van der Waals surface area contributed by atoms with Crippen molar-refractivity contribution in [1.82, 2.24) is 35.7 Å². The highest BCUT2D eigenvalue weighted by atomic mass is 19.1. The van der Waals surface area contributed by atoms with Crippen LogP contribution in [-0.2, 0) is 20.7 Å². The molecule has 64 heavy (non-hydrogen) atoms. The van der Waals surface area contributed by atoms with Gasteiger partial charge in [0.25, 0.3) is 0 Å². The van der Waals surface area contributed by atoms with Crippen LogP contribution in [0.15, 0.2) is 116 Å². The lowest BCUT2D eigenvalue weighted by atomic mass is 10.2. The molecular formula is C49H64FN9O5. The second-order valence-corrected chi connectivity index (χ2v) is 14.7. The van der Waals surface area contributed by atoms with Crippen LogP contribution in [0.3, 0.4) is 0 Å². The molecule has 0 fully saturated rings. The fraction of sp³-hybridized carbons (Fsp3) is 0.388. The molecule has 0 unspecified atom stereocenters. The van der Waals surface area contributed by atoms with Gasteiger partial charge >= 0.3 is 6.09 Å². The second kappa shape index (κ2) is 30.4. The summed E-state index contributed by atoms with van der Waals surface area (Å²) in [6.07, 6.45) is 30.3. The summed E-state index contributed by atoms with van der Waals surface area (Å²) in [6.45, 7) is 7.69. The standard InChI is InChI=1S/C49H64FN9O5/c1-3-5-6-7-8-9-10-11-12-13-14-15-16-17-18-19-20-25-46(60)51-28-29-52-49(62)64-33-31-59(4-2)30-22-32-63-42-26-27-43-44(37-42)53-38-54-48(43)56-45-35-41(57-58-45)36-47(61)55-40-24-21-23-39(50)34-40/h5-6,8-9,11-12,14-15,17-18,21,23-24,26-27,34-35,37-38H,3-4,7,10,13,16,19-20,22,25,28-33,36H2,1-2H3,(H,51,60)(H,52,62)(H,55,61)(H2,53,54,56,57,58)/b6-5-,9-8-,12-11-,15-14-,18-17-. The van der Waals surface area contributed by atoms with E-state index in [0.717, 1.165) is 69.8 Å². The van der Waals surface area contributed by atoms with Gasteiger partial charge in [0.05, 0.1) is 18.5 Å². The van der Waals surface area contributed by atoms with Crippen molar-refractivity contribution < 1.29 is 28.2 Å². The highest BCUT2D eigenvalue weighted by molar-refractivity contribution is 5.93. The van der Waals surface area contributed by atoms with E-state index in [-0.39, 0.29) is 24.8 Å². The maximum Gasteiger partial charge on any atom is 0.407 e. The van der Waals surface area contributed by atoms with Gasteiger partial charge in [-0.1, -0.05) is 80.7 Å². The lowest BCUT2D eigenvalue weighted by Crippen LogP contribution is -2.36. The number of unbranched alkanes of at least 4 members (excludes halogenated alkanes) is 1. The number of fused-ring (bicyclic) bond motifs is 1. The summed E-state index contributed by atoms with van der Waals surface area (Å²) >= 11 is 0. The zero-order valence-electron chi connectivity index (χ0n) is 37.2. The van der Waals surface area contributed by atoms with Crippen LogP contribution in [0, 0.1) is 5.82 Å². The number of hydrogen-bond acceptors (Lipinski definition) is 10. The maximum atomic E-state index is 13.5. The van der Waals surface area contributed by atoms with E-state index < -0.39 is 11.9 Å². The van der Waals surface area contributed by atoms with Gasteiger partial charge in [0, 0.05) is 61.5 Å². The Kier molecular flexibility index (Phi) is 23.8. The van der Waals surface area contributed by atoms with E-state index in [4.69, 9.17) is 9.47 Å². The number of carbonyl (C=O) groups is 3. The highest BCUT2D eigenvalue weighted by Gasteiger charge is 2.12. The molecule has 342 valence electrons.